The number of pyridine rings is 2. The summed E-state index contributed by atoms with van der Waals surface area (Å²) in [7, 11) is 1.61. The number of aromatic amines is 1. The van der Waals surface area contributed by atoms with Crippen molar-refractivity contribution >= 4 is 11.0 Å². The van der Waals surface area contributed by atoms with E-state index in [9.17, 15) is 4.39 Å². The number of ether oxygens (including phenoxy) is 1. The lowest BCUT2D eigenvalue weighted by atomic mass is 10.1. The molecule has 0 saturated heterocycles. The van der Waals surface area contributed by atoms with Crippen LogP contribution in [0.1, 0.15) is 22.5 Å². The van der Waals surface area contributed by atoms with Crippen molar-refractivity contribution in [2.24, 2.45) is 0 Å². The van der Waals surface area contributed by atoms with Gasteiger partial charge in [-0.15, -0.1) is 0 Å². The molecule has 6 nitrogen and oxygen atoms in total. The van der Waals surface area contributed by atoms with Gasteiger partial charge in [0.2, 0.25) is 5.88 Å². The van der Waals surface area contributed by atoms with Gasteiger partial charge in [0.05, 0.1) is 13.3 Å². The quantitative estimate of drug-likeness (QED) is 0.569. The molecule has 0 aromatic carbocycles. The Hall–Kier alpha value is -3.35. The van der Waals surface area contributed by atoms with Gasteiger partial charge < -0.3 is 9.72 Å². The van der Waals surface area contributed by atoms with Gasteiger partial charge in [-0.1, -0.05) is 6.07 Å². The Morgan fingerprint density at radius 3 is 2.70 bits per heavy atom. The molecule has 4 aromatic rings. The van der Waals surface area contributed by atoms with Crippen LogP contribution in [0, 0.1) is 5.82 Å². The molecule has 0 fully saturated rings. The predicted octanol–water partition coefficient (Wildman–Crippen LogP) is 3.27. The number of nitrogens with one attached hydrogen (secondary N) is 1. The van der Waals surface area contributed by atoms with E-state index in [-0.39, 0.29) is 5.82 Å². The van der Waals surface area contributed by atoms with Crippen molar-refractivity contribution in [3.63, 3.8) is 0 Å². The van der Waals surface area contributed by atoms with Crippen LogP contribution in [-0.2, 0) is 19.3 Å². The van der Waals surface area contributed by atoms with Crippen LogP contribution >= 0.6 is 0 Å². The van der Waals surface area contributed by atoms with Gasteiger partial charge in [0.25, 0.3) is 0 Å². The van der Waals surface area contributed by atoms with Gasteiger partial charge in [-0.05, 0) is 29.7 Å². The minimum Gasteiger partial charge on any atom is -0.481 e. The van der Waals surface area contributed by atoms with Gasteiger partial charge in [-0.25, -0.2) is 24.3 Å². The highest BCUT2D eigenvalue weighted by molar-refractivity contribution is 5.79. The number of rotatable bonds is 6. The summed E-state index contributed by atoms with van der Waals surface area (Å²) in [6, 6.07) is 5.37. The first-order valence-electron chi connectivity index (χ1n) is 8.62. The molecule has 27 heavy (non-hydrogen) atoms. The van der Waals surface area contributed by atoms with Crippen LogP contribution in [0.15, 0.2) is 49.2 Å². The second kappa shape index (κ2) is 7.49. The lowest BCUT2D eigenvalue weighted by Crippen LogP contribution is -2.01. The molecule has 0 radical (unpaired) electrons. The Balaban J connectivity index is 1.45. The van der Waals surface area contributed by atoms with Crippen LogP contribution in [0.25, 0.3) is 11.0 Å². The maximum Gasteiger partial charge on any atom is 0.216 e. The Labute approximate surface area is 155 Å². The fraction of sp³-hybridized carbons (Fsp3) is 0.200. The highest BCUT2D eigenvalue weighted by atomic mass is 19.1. The van der Waals surface area contributed by atoms with Crippen LogP contribution in [0.5, 0.6) is 5.88 Å². The maximum absolute atomic E-state index is 13.5. The van der Waals surface area contributed by atoms with E-state index in [1.807, 2.05) is 30.7 Å². The molecule has 136 valence electrons. The van der Waals surface area contributed by atoms with Crippen molar-refractivity contribution in [1.29, 1.82) is 0 Å². The average Bonchev–Trinajstić information content (AvgIpc) is 3.09. The maximum atomic E-state index is 13.5. The molecular weight excluding hydrogens is 345 g/mol. The molecule has 0 aliphatic rings. The highest BCUT2D eigenvalue weighted by Crippen LogP contribution is 2.20. The van der Waals surface area contributed by atoms with E-state index in [1.54, 1.807) is 13.3 Å². The minimum absolute atomic E-state index is 0.347. The third-order valence-electron chi connectivity index (χ3n) is 4.40. The standard InChI is InChI=1S/C20H18FN5O/c1-27-20-14(3-2-6-22-20)4-5-18-23-9-13(10-24-18)7-15-11-25-19-17(15)8-16(21)12-26-19/h2-3,6,8-12H,4-5,7H2,1H3,(H,25,26). The molecule has 7 heteroatoms. The van der Waals surface area contributed by atoms with E-state index in [0.717, 1.165) is 34.3 Å². The molecule has 0 aliphatic carbocycles. The van der Waals surface area contributed by atoms with Crippen molar-refractivity contribution in [2.75, 3.05) is 7.11 Å². The zero-order valence-electron chi connectivity index (χ0n) is 14.8. The van der Waals surface area contributed by atoms with Gasteiger partial charge in [0.1, 0.15) is 17.3 Å². The summed E-state index contributed by atoms with van der Waals surface area (Å²) in [5.41, 5.74) is 3.63. The number of aromatic nitrogens is 5. The topological polar surface area (TPSA) is 76.6 Å². The van der Waals surface area contributed by atoms with Gasteiger partial charge >= 0.3 is 0 Å². The number of hydrogen-bond donors (Lipinski definition) is 1. The summed E-state index contributed by atoms with van der Waals surface area (Å²) in [5.74, 6) is 1.05. The molecule has 0 saturated carbocycles. The Morgan fingerprint density at radius 1 is 1.04 bits per heavy atom. The van der Waals surface area contributed by atoms with E-state index in [4.69, 9.17) is 4.74 Å². The number of fused-ring (bicyclic) bond motifs is 1. The summed E-state index contributed by atoms with van der Waals surface area (Å²) in [6.07, 6.45) is 10.5. The Kier molecular flexibility index (Phi) is 4.74. The van der Waals surface area contributed by atoms with Crippen molar-refractivity contribution in [3.8, 4) is 5.88 Å². The van der Waals surface area contributed by atoms with E-state index >= 15 is 0 Å². The van der Waals surface area contributed by atoms with Crippen molar-refractivity contribution in [1.82, 2.24) is 24.9 Å². The van der Waals surface area contributed by atoms with Gasteiger partial charge in [0, 0.05) is 48.6 Å². The van der Waals surface area contributed by atoms with Crippen LogP contribution in [0.3, 0.4) is 0 Å². The molecule has 4 heterocycles. The summed E-state index contributed by atoms with van der Waals surface area (Å²) >= 11 is 0. The second-order valence-electron chi connectivity index (χ2n) is 6.22. The van der Waals surface area contributed by atoms with Crippen LogP contribution < -0.4 is 4.74 Å². The molecule has 0 amide bonds. The van der Waals surface area contributed by atoms with E-state index in [1.165, 1.54) is 12.3 Å². The van der Waals surface area contributed by atoms with Crippen molar-refractivity contribution < 1.29 is 9.13 Å². The van der Waals surface area contributed by atoms with Crippen LogP contribution in [-0.4, -0.2) is 32.0 Å². The first-order chi connectivity index (χ1) is 13.2. The number of aryl methyl sites for hydroxylation is 2. The Morgan fingerprint density at radius 2 is 1.89 bits per heavy atom. The number of hydrogen-bond acceptors (Lipinski definition) is 5. The van der Waals surface area contributed by atoms with Crippen LogP contribution in [0.2, 0.25) is 0 Å². The molecule has 0 unspecified atom stereocenters. The smallest absolute Gasteiger partial charge is 0.216 e. The third-order valence-corrected chi connectivity index (χ3v) is 4.40. The Bertz CT molecular complexity index is 1060. The van der Waals surface area contributed by atoms with Gasteiger partial charge in [0.15, 0.2) is 0 Å². The number of halogens is 1. The lowest BCUT2D eigenvalue weighted by molar-refractivity contribution is 0.392. The summed E-state index contributed by atoms with van der Waals surface area (Å²) < 4.78 is 18.7. The number of methoxy groups -OCH3 is 1. The molecule has 1 N–H and O–H groups in total. The summed E-state index contributed by atoms with van der Waals surface area (Å²) in [4.78, 5) is 20.2. The fourth-order valence-electron chi connectivity index (χ4n) is 3.05. The molecular formula is C20H18FN5O. The third kappa shape index (κ3) is 3.76. The molecule has 4 aromatic heterocycles. The summed E-state index contributed by atoms with van der Waals surface area (Å²) in [5, 5.41) is 0.780. The van der Waals surface area contributed by atoms with E-state index < -0.39 is 0 Å². The fourth-order valence-corrected chi connectivity index (χ4v) is 3.05. The average molecular weight is 363 g/mol. The molecule has 0 aliphatic heterocycles. The second-order valence-corrected chi connectivity index (χ2v) is 6.22. The van der Waals surface area contributed by atoms with E-state index in [2.05, 4.69) is 24.9 Å². The number of H-pyrrole nitrogens is 1. The van der Waals surface area contributed by atoms with Crippen molar-refractivity contribution in [3.05, 3.63) is 77.5 Å². The zero-order chi connectivity index (χ0) is 18.6. The molecule has 0 spiro atoms. The molecule has 0 atom stereocenters. The molecule has 0 bridgehead atoms. The first kappa shape index (κ1) is 17.1. The van der Waals surface area contributed by atoms with Crippen LogP contribution in [0.4, 0.5) is 4.39 Å². The van der Waals surface area contributed by atoms with Gasteiger partial charge in [-0.3, -0.25) is 0 Å². The summed E-state index contributed by atoms with van der Waals surface area (Å²) in [6.45, 7) is 0. The highest BCUT2D eigenvalue weighted by Gasteiger charge is 2.09. The van der Waals surface area contributed by atoms with Gasteiger partial charge in [-0.2, -0.15) is 0 Å². The largest absolute Gasteiger partial charge is 0.481 e. The van der Waals surface area contributed by atoms with Crippen molar-refractivity contribution in [2.45, 2.75) is 19.3 Å². The SMILES string of the molecule is COc1ncccc1CCc1ncc(Cc2c[nH]c3ncc(F)cc23)cn1. The number of nitrogens with zero attached hydrogens (tertiary/aromatic N) is 4. The predicted molar refractivity (Wildman–Crippen MR) is 99.1 cm³/mol. The lowest BCUT2D eigenvalue weighted by Gasteiger charge is -2.06. The van der Waals surface area contributed by atoms with E-state index in [0.29, 0.717) is 24.4 Å². The monoisotopic (exact) mass is 363 g/mol. The zero-order valence-corrected chi connectivity index (χ0v) is 14.8. The first-order valence-corrected chi connectivity index (χ1v) is 8.62. The normalized spacial score (nSPS) is 11.0. The minimum atomic E-state index is -0.347. The molecule has 4 rings (SSSR count).